The first-order chi connectivity index (χ1) is 13.8. The van der Waals surface area contributed by atoms with Gasteiger partial charge in [0.2, 0.25) is 11.5 Å². The van der Waals surface area contributed by atoms with Crippen LogP contribution in [-0.2, 0) is 26.7 Å². The van der Waals surface area contributed by atoms with Gasteiger partial charge in [0.05, 0.1) is 44.1 Å². The summed E-state index contributed by atoms with van der Waals surface area (Å²) < 4.78 is 10.1. The van der Waals surface area contributed by atoms with Crippen molar-refractivity contribution in [2.45, 2.75) is 13.8 Å². The van der Waals surface area contributed by atoms with Gasteiger partial charge in [-0.05, 0) is 115 Å². The number of hydrogen-bond acceptors (Lipinski definition) is 6. The van der Waals surface area contributed by atoms with Crippen LogP contribution in [0.5, 0.6) is 11.5 Å². The predicted octanol–water partition coefficient (Wildman–Crippen LogP) is 2.09. The minimum atomic E-state index is -1.33. The summed E-state index contributed by atoms with van der Waals surface area (Å²) in [5.74, 6) is -3.18. The van der Waals surface area contributed by atoms with Crippen molar-refractivity contribution in [2.24, 2.45) is 0 Å². The standard InChI is InChI=1S/2C9H6I2O4.Cu/c2*1-4(12)15-8-6(9(13)14)2-5(10)3-7(8)11;/h2*2-3H,1H3,(H,13,14);/q;;+2. The molecule has 169 valence electrons. The van der Waals surface area contributed by atoms with Crippen molar-refractivity contribution < 1.29 is 55.9 Å². The van der Waals surface area contributed by atoms with E-state index in [9.17, 15) is 29.4 Å². The Labute approximate surface area is 242 Å². The van der Waals surface area contributed by atoms with Crippen molar-refractivity contribution in [3.05, 3.63) is 49.7 Å². The third kappa shape index (κ3) is 10.1. The Morgan fingerprint density at radius 1 is 0.677 bits per heavy atom. The maximum Gasteiger partial charge on any atom is 2.00 e. The number of hydrogen-bond donors (Lipinski definition) is 0. The number of ether oxygens (including phenoxy) is 2. The Kier molecular flexibility index (Phi) is 14.0. The van der Waals surface area contributed by atoms with Crippen LogP contribution < -0.4 is 10.2 Å². The second-order valence-corrected chi connectivity index (χ2v) is 10.2. The number of carbonyl (C=O) groups excluding carboxylic acids is 2. The molecule has 0 amide bonds. The van der Waals surface area contributed by atoms with Crippen LogP contribution in [0.1, 0.15) is 34.6 Å². The summed E-state index contributed by atoms with van der Waals surface area (Å²) in [5.41, 5.74) is -0.108. The molecule has 0 aromatic heterocycles. The van der Waals surface area contributed by atoms with Gasteiger partial charge in [-0.15, -0.1) is 0 Å². The number of carboxylic acids is 4. The zero-order valence-corrected chi connectivity index (χ0v) is 25.0. The van der Waals surface area contributed by atoms with Crippen LogP contribution in [0.2, 0.25) is 0 Å². The van der Waals surface area contributed by atoms with Gasteiger partial charge in [-0.2, -0.15) is 0 Å². The van der Waals surface area contributed by atoms with Gasteiger partial charge in [-0.3, -0.25) is 0 Å². The van der Waals surface area contributed by atoms with Crippen LogP contribution in [0.25, 0.3) is 0 Å². The normalized spacial score (nSPS) is 9.48. The van der Waals surface area contributed by atoms with E-state index in [2.05, 4.69) is 9.47 Å². The van der Waals surface area contributed by atoms with Crippen molar-refractivity contribution in [1.82, 2.24) is 0 Å². The third-order valence-electron chi connectivity index (χ3n) is 3.03. The van der Waals surface area contributed by atoms with E-state index in [1.165, 1.54) is 26.0 Å². The van der Waals surface area contributed by atoms with Crippen molar-refractivity contribution in [3.63, 3.8) is 0 Å². The number of benzene rings is 2. The molecule has 2 rings (SSSR count). The van der Waals surface area contributed by atoms with E-state index >= 15 is 0 Å². The number of aromatic carboxylic acids is 2. The number of aromatic hydroxyl groups is 2. The van der Waals surface area contributed by atoms with E-state index < -0.39 is 23.9 Å². The van der Waals surface area contributed by atoms with Gasteiger partial charge in [0.25, 0.3) is 0 Å². The topological polar surface area (TPSA) is 140 Å². The summed E-state index contributed by atoms with van der Waals surface area (Å²) in [6.07, 6.45) is 0. The number of carboxylic acid groups (broad SMARTS) is 2. The molecule has 13 heteroatoms. The van der Waals surface area contributed by atoms with Gasteiger partial charge >= 0.3 is 29.0 Å². The van der Waals surface area contributed by atoms with Crippen LogP contribution in [0.3, 0.4) is 0 Å². The molecule has 31 heavy (non-hydrogen) atoms. The summed E-state index contributed by atoms with van der Waals surface area (Å²) in [7, 11) is 0. The zero-order chi connectivity index (χ0) is 23.2. The number of rotatable bonds is 4. The molecule has 0 atom stereocenters. The Balaban J connectivity index is 0.000000562. The summed E-state index contributed by atoms with van der Waals surface area (Å²) in [6, 6.07) is 6.35. The molecule has 0 fully saturated rings. The Hall–Kier alpha value is -0.241. The van der Waals surface area contributed by atoms with Crippen molar-refractivity contribution in [2.75, 3.05) is 0 Å². The van der Waals surface area contributed by atoms with Gasteiger partial charge in [0.1, 0.15) is 0 Å². The van der Waals surface area contributed by atoms with Crippen LogP contribution in [-0.4, -0.2) is 33.4 Å². The van der Waals surface area contributed by atoms with E-state index in [1.54, 1.807) is 12.1 Å². The summed E-state index contributed by atoms with van der Waals surface area (Å²) in [6.45, 7) is 2.54. The Morgan fingerprint density at radius 2 is 0.968 bits per heavy atom. The summed E-state index contributed by atoms with van der Waals surface area (Å²) >= 11 is 7.86. The van der Waals surface area contributed by atoms with Crippen molar-refractivity contribution in [3.8, 4) is 11.5 Å². The van der Waals surface area contributed by atoms with E-state index in [1.807, 2.05) is 90.4 Å². The van der Waals surface area contributed by atoms with Crippen LogP contribution in [0, 0.1) is 14.3 Å². The fourth-order valence-corrected chi connectivity index (χ4v) is 5.92. The van der Waals surface area contributed by atoms with E-state index in [0.29, 0.717) is 7.14 Å². The fourth-order valence-electron chi connectivity index (χ4n) is 1.99. The van der Waals surface area contributed by atoms with Gasteiger partial charge in [-0.25, -0.2) is 0 Å². The average molecular weight is 927 g/mol. The second-order valence-electron chi connectivity index (χ2n) is 5.40. The molecule has 0 saturated heterocycles. The molecule has 0 bridgehead atoms. The third-order valence-corrected chi connectivity index (χ3v) is 5.92. The molecule has 1 radical (unpaired) electrons. The molecule has 0 saturated carbocycles. The molecule has 0 spiro atoms. The summed E-state index contributed by atoms with van der Waals surface area (Å²) in [5, 5.41) is 21.6. The Morgan fingerprint density at radius 3 is 1.19 bits per heavy atom. The van der Waals surface area contributed by atoms with Crippen LogP contribution in [0.4, 0.5) is 0 Å². The quantitative estimate of drug-likeness (QED) is 0.152. The average Bonchev–Trinajstić information content (AvgIpc) is 2.58. The molecule has 2 aromatic rings. The van der Waals surface area contributed by atoms with Gasteiger partial charge in [-0.1, -0.05) is 0 Å². The molecule has 2 N–H and O–H groups in total. The molecule has 0 heterocycles. The minimum absolute atomic E-state index is 0. The molecule has 0 aliphatic rings. The maximum absolute atomic E-state index is 10.8. The van der Waals surface area contributed by atoms with Gasteiger partial charge in [0, 0.05) is 16.7 Å². The fraction of sp³-hybridized carbons (Fsp3) is 0.111. The SMILES string of the molecule is CC(=O)[OH+]c1c(I)cc(I)cc1C(=O)[O-].CC(=O)[OH+]c1c(I)cc(I)cc1C(=O)[O-].[Cu+2]. The smallest absolute Gasteiger partial charge is 0.545 e. The van der Waals surface area contributed by atoms with Gasteiger partial charge in [0.15, 0.2) is 0 Å². The van der Waals surface area contributed by atoms with Crippen LogP contribution >= 0.6 is 90.4 Å². The zero-order valence-electron chi connectivity index (χ0n) is 15.5. The monoisotopic (exact) mass is 927 g/mol. The minimum Gasteiger partial charge on any atom is -0.545 e. The van der Waals surface area contributed by atoms with Crippen molar-refractivity contribution in [1.29, 1.82) is 0 Å². The molecule has 8 nitrogen and oxygen atoms in total. The molecule has 0 aliphatic carbocycles. The molecule has 2 aromatic carbocycles. The maximum atomic E-state index is 10.8. The van der Waals surface area contributed by atoms with E-state index in [4.69, 9.17) is 0 Å². The Bertz CT molecular complexity index is 945. The van der Waals surface area contributed by atoms with E-state index in [-0.39, 0.29) is 39.7 Å². The summed E-state index contributed by atoms with van der Waals surface area (Å²) in [4.78, 5) is 43.3. The first-order valence-corrected chi connectivity index (χ1v) is 12.0. The molecule has 0 aliphatic heterocycles. The first kappa shape index (κ1) is 30.8. The molecular weight excluding hydrogens is 915 g/mol. The van der Waals surface area contributed by atoms with Gasteiger partial charge < -0.3 is 29.3 Å². The second kappa shape index (κ2) is 14.1. The number of halogens is 4. The van der Waals surface area contributed by atoms with Crippen molar-refractivity contribution >= 4 is 114 Å². The predicted molar refractivity (Wildman–Crippen MR) is 137 cm³/mol. The first-order valence-electron chi connectivity index (χ1n) is 7.68. The van der Waals surface area contributed by atoms with E-state index in [0.717, 1.165) is 7.14 Å². The largest absolute Gasteiger partial charge is 2.00 e. The van der Waals surface area contributed by atoms with Crippen LogP contribution in [0.15, 0.2) is 24.3 Å². The molecular formula is C18H12CuI4O8+2. The number of aliphatic carboxylic acids is 2. The number of carbonyl (C=O) groups is 4. The molecule has 0 unspecified atom stereocenters.